The van der Waals surface area contributed by atoms with Crippen LogP contribution in [0.4, 0.5) is 5.82 Å². The number of nitrogens with two attached hydrogens (primary N) is 1. The van der Waals surface area contributed by atoms with Gasteiger partial charge in [0.1, 0.15) is 0 Å². The summed E-state index contributed by atoms with van der Waals surface area (Å²) >= 11 is 0. The fourth-order valence-corrected chi connectivity index (χ4v) is 2.77. The topological polar surface area (TPSA) is 73.1 Å². The van der Waals surface area contributed by atoms with Crippen LogP contribution in [0.3, 0.4) is 0 Å². The normalized spacial score (nSPS) is 18.8. The first-order valence-electron chi connectivity index (χ1n) is 7.71. The number of fused-ring (bicyclic) bond motifs is 1. The van der Waals surface area contributed by atoms with Crippen LogP contribution < -0.4 is 15.8 Å². The molecule has 5 heteroatoms. The summed E-state index contributed by atoms with van der Waals surface area (Å²) < 4.78 is 5.71. The number of nitrogen functional groups attached to an aromatic ring is 1. The van der Waals surface area contributed by atoms with E-state index in [1.54, 1.807) is 0 Å². The molecule has 1 aromatic heterocycles. The van der Waals surface area contributed by atoms with Gasteiger partial charge >= 0.3 is 0 Å². The van der Waals surface area contributed by atoms with E-state index in [2.05, 4.69) is 15.3 Å². The van der Waals surface area contributed by atoms with Crippen molar-refractivity contribution in [3.63, 3.8) is 0 Å². The standard InChI is InChI=1S/C16H22N4O/c17-15-16(20-14-9-2-1-8-13(14)19-15)21-11-5-7-12-6-3-4-10-18-12/h1-2,8-9,12,18H,3-7,10-11H2,(H2,17,19)/t12-/m0/s1. The summed E-state index contributed by atoms with van der Waals surface area (Å²) in [6.07, 6.45) is 6.06. The molecule has 0 unspecified atom stereocenters. The molecule has 1 aromatic carbocycles. The Morgan fingerprint density at radius 2 is 2.00 bits per heavy atom. The predicted octanol–water partition coefficient (Wildman–Crippen LogP) is 2.51. The molecule has 21 heavy (non-hydrogen) atoms. The van der Waals surface area contributed by atoms with E-state index in [9.17, 15) is 0 Å². The number of hydrogen-bond acceptors (Lipinski definition) is 5. The number of ether oxygens (including phenoxy) is 1. The highest BCUT2D eigenvalue weighted by atomic mass is 16.5. The minimum absolute atomic E-state index is 0.365. The molecule has 1 atom stereocenters. The molecule has 1 aliphatic heterocycles. The number of rotatable bonds is 5. The average Bonchev–Trinajstić information content (AvgIpc) is 2.53. The summed E-state index contributed by atoms with van der Waals surface area (Å²) in [4.78, 5) is 8.76. The molecule has 2 heterocycles. The zero-order valence-corrected chi connectivity index (χ0v) is 12.2. The smallest absolute Gasteiger partial charge is 0.257 e. The largest absolute Gasteiger partial charge is 0.475 e. The molecule has 0 radical (unpaired) electrons. The molecule has 0 saturated carbocycles. The van der Waals surface area contributed by atoms with Gasteiger partial charge in [0.15, 0.2) is 5.82 Å². The lowest BCUT2D eigenvalue weighted by Crippen LogP contribution is -2.34. The van der Waals surface area contributed by atoms with Crippen molar-refractivity contribution in [2.24, 2.45) is 0 Å². The lowest BCUT2D eigenvalue weighted by atomic mass is 10.0. The van der Waals surface area contributed by atoms with Crippen LogP contribution in [-0.4, -0.2) is 29.2 Å². The number of aromatic nitrogens is 2. The van der Waals surface area contributed by atoms with Gasteiger partial charge in [0, 0.05) is 6.04 Å². The lowest BCUT2D eigenvalue weighted by molar-refractivity contribution is 0.278. The SMILES string of the molecule is Nc1nc2ccccc2nc1OCCC[C@@H]1CCCCN1. The molecule has 0 spiro atoms. The molecule has 5 nitrogen and oxygen atoms in total. The van der Waals surface area contributed by atoms with Gasteiger partial charge in [-0.1, -0.05) is 18.6 Å². The monoisotopic (exact) mass is 286 g/mol. The fourth-order valence-electron chi connectivity index (χ4n) is 2.77. The van der Waals surface area contributed by atoms with E-state index < -0.39 is 0 Å². The van der Waals surface area contributed by atoms with Crippen LogP contribution >= 0.6 is 0 Å². The van der Waals surface area contributed by atoms with E-state index in [-0.39, 0.29) is 0 Å². The second-order valence-corrected chi connectivity index (χ2v) is 5.54. The van der Waals surface area contributed by atoms with Crippen molar-refractivity contribution < 1.29 is 4.74 Å². The van der Waals surface area contributed by atoms with Gasteiger partial charge in [0.25, 0.3) is 5.88 Å². The molecule has 2 aromatic rings. The molecule has 3 N–H and O–H groups in total. The van der Waals surface area contributed by atoms with Crippen molar-refractivity contribution in [1.29, 1.82) is 0 Å². The Labute approximate surface area is 124 Å². The van der Waals surface area contributed by atoms with E-state index in [0.29, 0.717) is 24.3 Å². The Balaban J connectivity index is 1.53. The molecule has 1 saturated heterocycles. The number of anilines is 1. The minimum Gasteiger partial charge on any atom is -0.475 e. The van der Waals surface area contributed by atoms with Gasteiger partial charge in [0.05, 0.1) is 17.6 Å². The molecule has 0 aliphatic carbocycles. The van der Waals surface area contributed by atoms with Gasteiger partial charge in [-0.15, -0.1) is 0 Å². The van der Waals surface area contributed by atoms with Crippen molar-refractivity contribution in [3.05, 3.63) is 24.3 Å². The third-order valence-electron chi connectivity index (χ3n) is 3.91. The maximum absolute atomic E-state index is 5.90. The van der Waals surface area contributed by atoms with Gasteiger partial charge in [-0.2, -0.15) is 0 Å². The summed E-state index contributed by atoms with van der Waals surface area (Å²) in [5, 5.41) is 3.55. The van der Waals surface area contributed by atoms with Crippen LogP contribution in [0.15, 0.2) is 24.3 Å². The quantitative estimate of drug-likeness (QED) is 0.826. The molecule has 1 aliphatic rings. The summed E-state index contributed by atoms with van der Waals surface area (Å²) in [6.45, 7) is 1.78. The summed E-state index contributed by atoms with van der Waals surface area (Å²) in [7, 11) is 0. The molecule has 1 fully saturated rings. The number of nitrogens with zero attached hydrogens (tertiary/aromatic N) is 2. The molecule has 112 valence electrons. The molecular formula is C16H22N4O. The second kappa shape index (κ2) is 6.72. The van der Waals surface area contributed by atoms with Crippen molar-refractivity contribution in [2.75, 3.05) is 18.9 Å². The van der Waals surface area contributed by atoms with Crippen LogP contribution in [0.25, 0.3) is 11.0 Å². The molecular weight excluding hydrogens is 264 g/mol. The van der Waals surface area contributed by atoms with Crippen LogP contribution in [0.1, 0.15) is 32.1 Å². The second-order valence-electron chi connectivity index (χ2n) is 5.54. The Kier molecular flexibility index (Phi) is 4.50. The summed E-state index contributed by atoms with van der Waals surface area (Å²) in [5.41, 5.74) is 7.52. The van der Waals surface area contributed by atoms with Crippen LogP contribution in [-0.2, 0) is 0 Å². The number of para-hydroxylation sites is 2. The molecule has 3 rings (SSSR count). The maximum Gasteiger partial charge on any atom is 0.257 e. The lowest BCUT2D eigenvalue weighted by Gasteiger charge is -2.23. The van der Waals surface area contributed by atoms with Crippen molar-refractivity contribution in [3.8, 4) is 5.88 Å². The number of piperidine rings is 1. The zero-order valence-electron chi connectivity index (χ0n) is 12.2. The highest BCUT2D eigenvalue weighted by Crippen LogP contribution is 2.21. The highest BCUT2D eigenvalue weighted by Gasteiger charge is 2.12. The number of nitrogens with one attached hydrogen (secondary N) is 1. The summed E-state index contributed by atoms with van der Waals surface area (Å²) in [6, 6.07) is 8.32. The first-order chi connectivity index (χ1) is 10.3. The Hall–Kier alpha value is -1.88. The third kappa shape index (κ3) is 3.61. The minimum atomic E-state index is 0.365. The van der Waals surface area contributed by atoms with E-state index in [1.165, 1.54) is 19.3 Å². The Morgan fingerprint density at radius 3 is 2.76 bits per heavy atom. The third-order valence-corrected chi connectivity index (χ3v) is 3.91. The van der Waals surface area contributed by atoms with Crippen molar-refractivity contribution in [1.82, 2.24) is 15.3 Å². The maximum atomic E-state index is 5.90. The van der Waals surface area contributed by atoms with Gasteiger partial charge in [-0.05, 0) is 44.4 Å². The van der Waals surface area contributed by atoms with E-state index >= 15 is 0 Å². The van der Waals surface area contributed by atoms with E-state index in [1.807, 2.05) is 24.3 Å². The van der Waals surface area contributed by atoms with Crippen molar-refractivity contribution >= 4 is 16.9 Å². The highest BCUT2D eigenvalue weighted by molar-refractivity contribution is 5.76. The number of benzene rings is 1. The van der Waals surface area contributed by atoms with Gasteiger partial charge in [0.2, 0.25) is 0 Å². The van der Waals surface area contributed by atoms with E-state index in [0.717, 1.165) is 30.4 Å². The average molecular weight is 286 g/mol. The van der Waals surface area contributed by atoms with Gasteiger partial charge in [-0.3, -0.25) is 0 Å². The molecule has 0 bridgehead atoms. The van der Waals surface area contributed by atoms with Crippen LogP contribution in [0.2, 0.25) is 0 Å². The van der Waals surface area contributed by atoms with Crippen molar-refractivity contribution in [2.45, 2.75) is 38.1 Å². The predicted molar refractivity (Wildman–Crippen MR) is 84.3 cm³/mol. The van der Waals surface area contributed by atoms with Gasteiger partial charge < -0.3 is 15.8 Å². The number of hydrogen-bond donors (Lipinski definition) is 2. The first-order valence-corrected chi connectivity index (χ1v) is 7.71. The van der Waals surface area contributed by atoms with Gasteiger partial charge in [-0.25, -0.2) is 9.97 Å². The van der Waals surface area contributed by atoms with Crippen LogP contribution in [0.5, 0.6) is 5.88 Å². The van der Waals surface area contributed by atoms with E-state index in [4.69, 9.17) is 10.5 Å². The fraction of sp³-hybridized carbons (Fsp3) is 0.500. The Morgan fingerprint density at radius 1 is 1.19 bits per heavy atom. The van der Waals surface area contributed by atoms with Crippen LogP contribution in [0, 0.1) is 0 Å². The first kappa shape index (κ1) is 14.1. The summed E-state index contributed by atoms with van der Waals surface area (Å²) in [5.74, 6) is 0.815. The Bertz CT molecular complexity index is 596. The zero-order chi connectivity index (χ0) is 14.5. The molecule has 0 amide bonds.